The van der Waals surface area contributed by atoms with Crippen molar-refractivity contribution in [3.63, 3.8) is 0 Å². The van der Waals surface area contributed by atoms with Gasteiger partial charge in [-0.3, -0.25) is 0 Å². The quantitative estimate of drug-likeness (QED) is 0.619. The van der Waals surface area contributed by atoms with Crippen molar-refractivity contribution in [1.29, 1.82) is 0 Å². The molecule has 3 rings (SSSR count). The Labute approximate surface area is 118 Å². The van der Waals surface area contributed by atoms with Gasteiger partial charge >= 0.3 is 6.18 Å². The van der Waals surface area contributed by atoms with Crippen molar-refractivity contribution >= 4 is 5.69 Å². The molecule has 1 aliphatic heterocycles. The Hall–Kier alpha value is -1.76. The Morgan fingerprint density at radius 2 is 1.90 bits per heavy atom. The van der Waals surface area contributed by atoms with Gasteiger partial charge in [-0.1, -0.05) is 0 Å². The van der Waals surface area contributed by atoms with Gasteiger partial charge in [0.05, 0.1) is 6.61 Å². The molecule has 21 heavy (non-hydrogen) atoms. The second kappa shape index (κ2) is 3.91. The molecule has 4 N–H and O–H groups in total. The van der Waals surface area contributed by atoms with Crippen LogP contribution in [0, 0.1) is 5.82 Å². The molecule has 0 saturated heterocycles. The maximum absolute atomic E-state index is 14.0. The predicted octanol–water partition coefficient (Wildman–Crippen LogP) is 2.61. The lowest BCUT2D eigenvalue weighted by Gasteiger charge is -2.37. The van der Waals surface area contributed by atoms with Crippen LogP contribution in [0.15, 0.2) is 29.5 Å². The molecular weight excluding hydrogens is 288 g/mol. The highest BCUT2D eigenvalue weighted by atomic mass is 19.4. The maximum Gasteiger partial charge on any atom is 0.422 e. The van der Waals surface area contributed by atoms with Crippen LogP contribution in [0.25, 0.3) is 0 Å². The van der Waals surface area contributed by atoms with E-state index in [4.69, 9.17) is 16.2 Å². The van der Waals surface area contributed by atoms with E-state index in [9.17, 15) is 17.6 Å². The molecular formula is C14H14F4N2O. The fourth-order valence-corrected chi connectivity index (χ4v) is 2.86. The van der Waals surface area contributed by atoms with E-state index in [0.29, 0.717) is 11.3 Å². The molecule has 3 nitrogen and oxygen atoms in total. The van der Waals surface area contributed by atoms with Crippen LogP contribution in [-0.2, 0) is 10.2 Å². The topological polar surface area (TPSA) is 61.3 Å². The number of ether oxygens (including phenoxy) is 1. The average Bonchev–Trinajstić information content (AvgIpc) is 3.12. The third kappa shape index (κ3) is 1.76. The minimum absolute atomic E-state index is 0.240. The van der Waals surface area contributed by atoms with E-state index < -0.39 is 23.0 Å². The Bertz CT molecular complexity index is 655. The number of hydrogen-bond acceptors (Lipinski definition) is 3. The van der Waals surface area contributed by atoms with Gasteiger partial charge in [0.2, 0.25) is 0 Å². The summed E-state index contributed by atoms with van der Waals surface area (Å²) < 4.78 is 58.3. The van der Waals surface area contributed by atoms with Crippen molar-refractivity contribution in [3.05, 3.63) is 40.8 Å². The van der Waals surface area contributed by atoms with E-state index in [1.165, 1.54) is 18.2 Å². The molecule has 114 valence electrons. The number of halogens is 4. The van der Waals surface area contributed by atoms with Gasteiger partial charge in [0.15, 0.2) is 5.60 Å². The van der Waals surface area contributed by atoms with E-state index in [2.05, 4.69) is 0 Å². The lowest BCUT2D eigenvalue weighted by molar-refractivity contribution is -0.259. The lowest BCUT2D eigenvalue weighted by atomic mass is 9.88. The van der Waals surface area contributed by atoms with E-state index in [-0.39, 0.29) is 24.3 Å². The van der Waals surface area contributed by atoms with Crippen LogP contribution in [-0.4, -0.2) is 18.4 Å². The zero-order valence-electron chi connectivity index (χ0n) is 11.2. The Morgan fingerprint density at radius 1 is 1.24 bits per heavy atom. The van der Waals surface area contributed by atoms with Crippen LogP contribution in [0.1, 0.15) is 18.9 Å². The summed E-state index contributed by atoms with van der Waals surface area (Å²) in [5.74, 6) is -0.522. The van der Waals surface area contributed by atoms with Crippen molar-refractivity contribution in [2.45, 2.75) is 30.5 Å². The molecule has 0 unspecified atom stereocenters. The normalized spacial score (nSPS) is 32.0. The minimum atomic E-state index is -4.62. The molecule has 1 aliphatic carbocycles. The molecule has 1 aromatic carbocycles. The van der Waals surface area contributed by atoms with Gasteiger partial charge in [-0.25, -0.2) is 4.39 Å². The highest BCUT2D eigenvalue weighted by molar-refractivity contribution is 5.58. The average molecular weight is 302 g/mol. The van der Waals surface area contributed by atoms with Gasteiger partial charge in [-0.2, -0.15) is 13.2 Å². The van der Waals surface area contributed by atoms with Gasteiger partial charge in [0.1, 0.15) is 5.82 Å². The number of fused-ring (bicyclic) bond motifs is 1. The number of alkyl halides is 3. The highest BCUT2D eigenvalue weighted by Gasteiger charge is 2.66. The molecule has 1 fully saturated rings. The molecule has 0 bridgehead atoms. The number of nitrogen functional groups attached to an aromatic ring is 1. The van der Waals surface area contributed by atoms with Gasteiger partial charge in [0.25, 0.3) is 0 Å². The Morgan fingerprint density at radius 3 is 2.52 bits per heavy atom. The molecule has 7 heteroatoms. The lowest BCUT2D eigenvalue weighted by Crippen LogP contribution is -2.52. The second-order valence-corrected chi connectivity index (χ2v) is 5.71. The number of hydrogen-bond donors (Lipinski definition) is 2. The van der Waals surface area contributed by atoms with Gasteiger partial charge in [0, 0.05) is 22.4 Å². The first kappa shape index (κ1) is 14.2. The molecule has 0 radical (unpaired) electrons. The molecule has 0 spiro atoms. The maximum atomic E-state index is 14.0. The fraction of sp³-hybridized carbons (Fsp3) is 0.429. The van der Waals surface area contributed by atoms with Crippen LogP contribution in [0.2, 0.25) is 0 Å². The van der Waals surface area contributed by atoms with Gasteiger partial charge < -0.3 is 16.2 Å². The Balaban J connectivity index is 2.09. The van der Waals surface area contributed by atoms with Crippen LogP contribution in [0.4, 0.5) is 23.2 Å². The van der Waals surface area contributed by atoms with Crippen molar-refractivity contribution in [1.82, 2.24) is 0 Å². The summed E-state index contributed by atoms with van der Waals surface area (Å²) in [5.41, 5.74) is 8.48. The first-order chi connectivity index (χ1) is 9.62. The number of benzene rings is 1. The van der Waals surface area contributed by atoms with Crippen LogP contribution < -0.4 is 11.5 Å². The van der Waals surface area contributed by atoms with Crippen molar-refractivity contribution in [2.24, 2.45) is 5.73 Å². The number of nitrogens with two attached hydrogens (primary N) is 2. The van der Waals surface area contributed by atoms with Crippen LogP contribution in [0.5, 0.6) is 0 Å². The fourth-order valence-electron chi connectivity index (χ4n) is 2.86. The summed E-state index contributed by atoms with van der Waals surface area (Å²) in [7, 11) is 0. The molecule has 1 aromatic rings. The molecule has 0 amide bonds. The first-order valence-electron chi connectivity index (χ1n) is 6.37. The van der Waals surface area contributed by atoms with Crippen LogP contribution >= 0.6 is 0 Å². The molecule has 1 heterocycles. The van der Waals surface area contributed by atoms with Gasteiger partial charge in [-0.05, 0) is 37.1 Å². The largest absolute Gasteiger partial charge is 0.422 e. The summed E-state index contributed by atoms with van der Waals surface area (Å²) in [6.07, 6.45) is -4.36. The summed E-state index contributed by atoms with van der Waals surface area (Å²) in [6, 6.07) is 4.02. The smallest absolute Gasteiger partial charge is 0.399 e. The van der Waals surface area contributed by atoms with E-state index >= 15 is 0 Å². The van der Waals surface area contributed by atoms with E-state index in [1.54, 1.807) is 0 Å². The number of rotatable bonds is 1. The molecule has 0 aromatic heterocycles. The Kier molecular flexibility index (Phi) is 2.64. The van der Waals surface area contributed by atoms with Crippen molar-refractivity contribution in [3.8, 4) is 0 Å². The van der Waals surface area contributed by atoms with E-state index in [0.717, 1.165) is 6.92 Å². The minimum Gasteiger partial charge on any atom is -0.399 e. The highest BCUT2D eigenvalue weighted by Crippen LogP contribution is 2.61. The summed E-state index contributed by atoms with van der Waals surface area (Å²) in [4.78, 5) is 0. The zero-order chi connectivity index (χ0) is 15.6. The molecule has 2 atom stereocenters. The van der Waals surface area contributed by atoms with Crippen LogP contribution in [0.3, 0.4) is 0 Å². The summed E-state index contributed by atoms with van der Waals surface area (Å²) in [6.45, 7) is 0.632. The van der Waals surface area contributed by atoms with Crippen molar-refractivity contribution in [2.75, 3.05) is 12.3 Å². The molecule has 2 aliphatic rings. The first-order valence-corrected chi connectivity index (χ1v) is 6.37. The third-order valence-electron chi connectivity index (χ3n) is 4.42. The second-order valence-electron chi connectivity index (χ2n) is 5.71. The zero-order valence-corrected chi connectivity index (χ0v) is 11.2. The predicted molar refractivity (Wildman–Crippen MR) is 68.7 cm³/mol. The number of anilines is 1. The monoisotopic (exact) mass is 302 g/mol. The summed E-state index contributed by atoms with van der Waals surface area (Å²) in [5, 5.41) is 0. The third-order valence-corrected chi connectivity index (χ3v) is 4.42. The standard InChI is InChI=1S/C14H14F4N2O/c1-12(14(16,17)18)11(20)9-5-13(9,6-21-12)8-4-7(19)2-3-10(8)15/h2-4H,5-6,19-20H2,1H3/t12-,13+/m1/s1. The molecule has 1 saturated carbocycles. The van der Waals surface area contributed by atoms with Crippen molar-refractivity contribution < 1.29 is 22.3 Å². The van der Waals surface area contributed by atoms with E-state index in [1.807, 2.05) is 0 Å². The van der Waals surface area contributed by atoms with Gasteiger partial charge in [-0.15, -0.1) is 0 Å². The summed E-state index contributed by atoms with van der Waals surface area (Å²) >= 11 is 0. The SMILES string of the molecule is C[C@@]1(C(F)(F)F)OC[C@]2(c3cc(N)ccc3F)CC2=C1N.